The third kappa shape index (κ3) is 5.27. The number of hydrogen-bond acceptors (Lipinski definition) is 5. The molecule has 27 heavy (non-hydrogen) atoms. The molecule has 0 bridgehead atoms. The van der Waals surface area contributed by atoms with Gasteiger partial charge in [-0.2, -0.15) is 0 Å². The van der Waals surface area contributed by atoms with E-state index in [1.807, 2.05) is 12.1 Å². The summed E-state index contributed by atoms with van der Waals surface area (Å²) >= 11 is 1.42. The molecule has 1 fully saturated rings. The maximum Gasteiger partial charge on any atom is 0.341 e. The minimum atomic E-state index is -1.02. The van der Waals surface area contributed by atoms with Gasteiger partial charge in [0.05, 0.1) is 4.91 Å². The van der Waals surface area contributed by atoms with Gasteiger partial charge in [0.25, 0.3) is 5.91 Å². The first-order chi connectivity index (χ1) is 13.0. The van der Waals surface area contributed by atoms with Crippen molar-refractivity contribution in [2.75, 3.05) is 11.9 Å². The Morgan fingerprint density at radius 3 is 2.56 bits per heavy atom. The minimum absolute atomic E-state index is 0.131. The lowest BCUT2D eigenvalue weighted by Crippen LogP contribution is -2.30. The highest BCUT2D eigenvalue weighted by Gasteiger charge is 2.27. The van der Waals surface area contributed by atoms with Crippen LogP contribution in [0.25, 0.3) is 6.08 Å². The van der Waals surface area contributed by atoms with Gasteiger partial charge in [0, 0.05) is 5.69 Å². The lowest BCUT2D eigenvalue weighted by Gasteiger charge is -2.12. The highest BCUT2D eigenvalue weighted by Crippen LogP contribution is 2.30. The highest BCUT2D eigenvalue weighted by atomic mass is 32.2. The van der Waals surface area contributed by atoms with Crippen LogP contribution in [0.2, 0.25) is 0 Å². The molecule has 1 aliphatic rings. The fraction of sp³-hybridized carbons (Fsp3) is 0.200. The molecule has 0 aromatic heterocycles. The summed E-state index contributed by atoms with van der Waals surface area (Å²) in [4.78, 5) is 23.3. The van der Waals surface area contributed by atoms with Crippen molar-refractivity contribution in [2.24, 2.45) is 0 Å². The molecular formula is C20H20N2O4S. The van der Waals surface area contributed by atoms with Crippen LogP contribution in [0.1, 0.15) is 18.1 Å². The van der Waals surface area contributed by atoms with Gasteiger partial charge >= 0.3 is 5.97 Å². The van der Waals surface area contributed by atoms with E-state index in [1.54, 1.807) is 30.3 Å². The van der Waals surface area contributed by atoms with Crippen molar-refractivity contribution in [2.45, 2.75) is 18.8 Å². The second-order valence-corrected chi connectivity index (χ2v) is 7.07. The van der Waals surface area contributed by atoms with Crippen LogP contribution >= 0.6 is 11.8 Å². The van der Waals surface area contributed by atoms with Crippen molar-refractivity contribution in [3.05, 3.63) is 64.6 Å². The fourth-order valence-electron chi connectivity index (χ4n) is 2.51. The fourth-order valence-corrected chi connectivity index (χ4v) is 3.50. The zero-order valence-electron chi connectivity index (χ0n) is 14.8. The van der Waals surface area contributed by atoms with E-state index >= 15 is 0 Å². The summed E-state index contributed by atoms with van der Waals surface area (Å²) in [6.45, 7) is 1.72. The molecule has 1 saturated heterocycles. The molecule has 2 aromatic carbocycles. The maximum atomic E-state index is 12.2. The van der Waals surface area contributed by atoms with Gasteiger partial charge in [-0.1, -0.05) is 43.0 Å². The van der Waals surface area contributed by atoms with Crippen LogP contribution < -0.4 is 15.4 Å². The van der Waals surface area contributed by atoms with Crippen molar-refractivity contribution in [1.29, 1.82) is 0 Å². The van der Waals surface area contributed by atoms with E-state index in [0.29, 0.717) is 10.7 Å². The van der Waals surface area contributed by atoms with Crippen LogP contribution in [-0.4, -0.2) is 29.1 Å². The number of amides is 1. The molecular weight excluding hydrogens is 364 g/mol. The Hall–Kier alpha value is -2.93. The van der Waals surface area contributed by atoms with Crippen LogP contribution in [0.3, 0.4) is 0 Å². The monoisotopic (exact) mass is 384 g/mol. The molecule has 3 rings (SSSR count). The third-order valence-electron chi connectivity index (χ3n) is 3.93. The lowest BCUT2D eigenvalue weighted by atomic mass is 10.1. The van der Waals surface area contributed by atoms with Crippen LogP contribution in [0.4, 0.5) is 5.69 Å². The van der Waals surface area contributed by atoms with Crippen LogP contribution in [-0.2, 0) is 16.0 Å². The van der Waals surface area contributed by atoms with Gasteiger partial charge in [0.15, 0.2) is 12.1 Å². The second kappa shape index (κ2) is 8.64. The number of carboxylic acid groups (broad SMARTS) is 1. The van der Waals surface area contributed by atoms with E-state index in [9.17, 15) is 9.59 Å². The topological polar surface area (TPSA) is 87.7 Å². The van der Waals surface area contributed by atoms with E-state index in [4.69, 9.17) is 9.84 Å². The molecule has 0 saturated carbocycles. The van der Waals surface area contributed by atoms with Crippen LogP contribution in [0, 0.1) is 0 Å². The molecule has 1 heterocycles. The van der Waals surface area contributed by atoms with Crippen molar-refractivity contribution in [3.8, 4) is 5.75 Å². The molecule has 7 heteroatoms. The number of thioether (sulfide) groups is 1. The summed E-state index contributed by atoms with van der Waals surface area (Å²) in [5.74, 6) is -0.685. The molecule has 3 N–H and O–H groups in total. The van der Waals surface area contributed by atoms with E-state index in [-0.39, 0.29) is 18.0 Å². The quantitative estimate of drug-likeness (QED) is 0.635. The predicted molar refractivity (Wildman–Crippen MR) is 107 cm³/mol. The molecule has 1 unspecified atom stereocenters. The Balaban J connectivity index is 1.61. The van der Waals surface area contributed by atoms with Crippen molar-refractivity contribution >= 4 is 35.4 Å². The van der Waals surface area contributed by atoms with E-state index in [0.717, 1.165) is 17.7 Å². The first-order valence-corrected chi connectivity index (χ1v) is 9.41. The lowest BCUT2D eigenvalue weighted by molar-refractivity contribution is -0.139. The Labute approximate surface area is 161 Å². The molecule has 1 aliphatic heterocycles. The zero-order valence-corrected chi connectivity index (χ0v) is 15.6. The number of nitrogens with one attached hydrogen (secondary N) is 2. The summed E-state index contributed by atoms with van der Waals surface area (Å²) in [6.07, 6.45) is 2.78. The Morgan fingerprint density at radius 2 is 1.93 bits per heavy atom. The molecule has 2 aromatic rings. The second-order valence-electron chi connectivity index (χ2n) is 5.93. The number of carbonyl (C=O) groups excluding carboxylic acids is 1. The van der Waals surface area contributed by atoms with E-state index < -0.39 is 5.97 Å². The molecule has 0 aliphatic carbocycles. The first kappa shape index (κ1) is 18.8. The van der Waals surface area contributed by atoms with Gasteiger partial charge in [-0.3, -0.25) is 4.79 Å². The Kier molecular flexibility index (Phi) is 6.03. The summed E-state index contributed by atoms with van der Waals surface area (Å²) in [5.41, 5.74) is 2.82. The highest BCUT2D eigenvalue weighted by molar-refractivity contribution is 8.05. The molecule has 1 amide bonds. The average Bonchev–Trinajstić information content (AvgIpc) is 3.00. The SMILES string of the molecule is CCc1ccc(NC2NC(=O)/C(=C/c3ccc(OCC(=O)O)cc3)S2)cc1. The van der Waals surface area contributed by atoms with E-state index in [1.165, 1.54) is 17.3 Å². The smallest absolute Gasteiger partial charge is 0.341 e. The van der Waals surface area contributed by atoms with Crippen LogP contribution in [0.5, 0.6) is 5.75 Å². The number of anilines is 1. The number of hydrogen-bond donors (Lipinski definition) is 3. The third-order valence-corrected chi connectivity index (χ3v) is 4.96. The predicted octanol–water partition coefficient (Wildman–Crippen LogP) is 3.31. The Bertz CT molecular complexity index is 847. The standard InChI is InChI=1S/C20H20N2O4S/c1-2-13-3-7-15(8-4-13)21-20-22-19(25)17(27-20)11-14-5-9-16(10-6-14)26-12-18(23)24/h3-11,20-21H,2,12H2,1H3,(H,22,25)(H,23,24)/b17-11-. The van der Waals surface area contributed by atoms with Gasteiger partial charge in [0.1, 0.15) is 5.75 Å². The number of carbonyl (C=O) groups is 2. The van der Waals surface area contributed by atoms with Crippen LogP contribution in [0.15, 0.2) is 53.4 Å². The van der Waals surface area contributed by atoms with E-state index in [2.05, 4.69) is 29.7 Å². The number of benzene rings is 2. The molecule has 1 atom stereocenters. The molecule has 0 spiro atoms. The number of rotatable bonds is 7. The number of aryl methyl sites for hydroxylation is 1. The molecule has 0 radical (unpaired) electrons. The summed E-state index contributed by atoms with van der Waals surface area (Å²) in [6, 6.07) is 15.1. The number of carboxylic acids is 1. The molecule has 140 valence electrons. The van der Waals surface area contributed by atoms with Crippen molar-refractivity contribution in [1.82, 2.24) is 5.32 Å². The van der Waals surface area contributed by atoms with Gasteiger partial charge in [-0.15, -0.1) is 0 Å². The van der Waals surface area contributed by atoms with Gasteiger partial charge in [-0.05, 0) is 47.9 Å². The number of aliphatic carboxylic acids is 1. The van der Waals surface area contributed by atoms with Crippen molar-refractivity contribution in [3.63, 3.8) is 0 Å². The summed E-state index contributed by atoms with van der Waals surface area (Å²) in [5, 5.41) is 14.8. The van der Waals surface area contributed by atoms with Gasteiger partial charge in [-0.25, -0.2) is 4.79 Å². The van der Waals surface area contributed by atoms with Gasteiger partial charge in [0.2, 0.25) is 0 Å². The normalized spacial score (nSPS) is 17.6. The van der Waals surface area contributed by atoms with Crippen molar-refractivity contribution < 1.29 is 19.4 Å². The minimum Gasteiger partial charge on any atom is -0.482 e. The maximum absolute atomic E-state index is 12.2. The van der Waals surface area contributed by atoms with Gasteiger partial charge < -0.3 is 20.5 Å². The summed E-state index contributed by atoms with van der Waals surface area (Å²) < 4.78 is 5.10. The first-order valence-electron chi connectivity index (χ1n) is 8.53. The zero-order chi connectivity index (χ0) is 19.2. The molecule has 6 nitrogen and oxygen atoms in total. The largest absolute Gasteiger partial charge is 0.482 e. The Morgan fingerprint density at radius 1 is 1.22 bits per heavy atom. The average molecular weight is 384 g/mol. The summed E-state index contributed by atoms with van der Waals surface area (Å²) in [7, 11) is 0. The number of ether oxygens (including phenoxy) is 1.